The van der Waals surface area contributed by atoms with Gasteiger partial charge in [0, 0.05) is 22.3 Å². The van der Waals surface area contributed by atoms with Gasteiger partial charge in [-0.15, -0.1) is 12.4 Å². The van der Waals surface area contributed by atoms with E-state index in [1.54, 1.807) is 0 Å². The molecule has 5 heteroatoms. The van der Waals surface area contributed by atoms with E-state index in [9.17, 15) is 0 Å². The fourth-order valence-electron chi connectivity index (χ4n) is 2.38. The van der Waals surface area contributed by atoms with E-state index in [0.717, 1.165) is 39.2 Å². The highest BCUT2D eigenvalue weighted by molar-refractivity contribution is 6.31. The topological polar surface area (TPSA) is 37.8 Å². The Morgan fingerprint density at radius 2 is 1.62 bits per heavy atom. The second-order valence-corrected chi connectivity index (χ2v) is 6.00. The van der Waals surface area contributed by atoms with Crippen LogP contribution in [-0.2, 0) is 0 Å². The number of rotatable bonds is 3. The van der Waals surface area contributed by atoms with Gasteiger partial charge in [-0.05, 0) is 38.5 Å². The van der Waals surface area contributed by atoms with Crippen LogP contribution in [0.25, 0.3) is 11.3 Å². The van der Waals surface area contributed by atoms with Gasteiger partial charge in [-0.1, -0.05) is 47.5 Å². The molecule has 1 heterocycles. The molecule has 0 aliphatic rings. The van der Waals surface area contributed by atoms with Gasteiger partial charge in [0.25, 0.3) is 0 Å². The van der Waals surface area contributed by atoms with Crippen molar-refractivity contribution in [1.29, 1.82) is 0 Å². The minimum Gasteiger partial charge on any atom is -0.340 e. The van der Waals surface area contributed by atoms with Crippen LogP contribution >= 0.6 is 24.0 Å². The summed E-state index contributed by atoms with van der Waals surface area (Å²) in [6.07, 6.45) is 0. The molecule has 0 saturated heterocycles. The molecule has 0 fully saturated rings. The molecule has 0 unspecified atom stereocenters. The molecule has 1 N–H and O–H groups in total. The first-order valence-electron chi connectivity index (χ1n) is 7.48. The molecular weight excluding hydrogens is 341 g/mol. The van der Waals surface area contributed by atoms with Gasteiger partial charge < -0.3 is 5.32 Å². The summed E-state index contributed by atoms with van der Waals surface area (Å²) in [5.41, 5.74) is 5.16. The Bertz CT molecular complexity index is 846. The molecule has 0 radical (unpaired) electrons. The third-order valence-electron chi connectivity index (χ3n) is 3.72. The molecule has 24 heavy (non-hydrogen) atoms. The van der Waals surface area contributed by atoms with Gasteiger partial charge in [-0.3, -0.25) is 0 Å². The zero-order chi connectivity index (χ0) is 16.4. The number of halogens is 2. The molecular formula is C19H19Cl2N3. The van der Waals surface area contributed by atoms with E-state index in [4.69, 9.17) is 11.6 Å². The Kier molecular flexibility index (Phi) is 5.81. The van der Waals surface area contributed by atoms with Gasteiger partial charge >= 0.3 is 0 Å². The van der Waals surface area contributed by atoms with E-state index in [1.807, 2.05) is 38.1 Å². The maximum Gasteiger partial charge on any atom is 0.134 e. The van der Waals surface area contributed by atoms with Crippen molar-refractivity contribution >= 4 is 35.5 Å². The molecule has 124 valence electrons. The molecule has 0 spiro atoms. The maximum absolute atomic E-state index is 6.18. The predicted octanol–water partition coefficient (Wildman–Crippen LogP) is 5.89. The van der Waals surface area contributed by atoms with Crippen LogP contribution in [0.1, 0.15) is 17.0 Å². The van der Waals surface area contributed by atoms with Crippen LogP contribution in [0.3, 0.4) is 0 Å². The third kappa shape index (κ3) is 4.05. The van der Waals surface area contributed by atoms with Crippen molar-refractivity contribution in [2.24, 2.45) is 0 Å². The molecule has 2 aromatic carbocycles. The van der Waals surface area contributed by atoms with Crippen LogP contribution in [-0.4, -0.2) is 9.97 Å². The lowest BCUT2D eigenvalue weighted by molar-refractivity contribution is 1.06. The smallest absolute Gasteiger partial charge is 0.134 e. The van der Waals surface area contributed by atoms with E-state index in [-0.39, 0.29) is 12.4 Å². The van der Waals surface area contributed by atoms with Gasteiger partial charge in [-0.25, -0.2) is 9.97 Å². The van der Waals surface area contributed by atoms with Crippen LogP contribution in [0.4, 0.5) is 11.5 Å². The highest BCUT2D eigenvalue weighted by Crippen LogP contribution is 2.27. The lowest BCUT2D eigenvalue weighted by Crippen LogP contribution is -2.00. The molecule has 3 rings (SSSR count). The molecule has 0 saturated carbocycles. The largest absolute Gasteiger partial charge is 0.340 e. The quantitative estimate of drug-likeness (QED) is 0.633. The molecule has 0 bridgehead atoms. The number of aryl methyl sites for hydroxylation is 2. The third-order valence-corrected chi connectivity index (χ3v) is 4.13. The number of benzene rings is 2. The lowest BCUT2D eigenvalue weighted by atomic mass is 10.1. The number of aromatic nitrogens is 2. The summed E-state index contributed by atoms with van der Waals surface area (Å²) >= 11 is 6.18. The summed E-state index contributed by atoms with van der Waals surface area (Å²) in [6, 6.07) is 16.1. The Labute approximate surface area is 153 Å². The highest BCUT2D eigenvalue weighted by atomic mass is 35.5. The van der Waals surface area contributed by atoms with Crippen molar-refractivity contribution in [3.63, 3.8) is 0 Å². The number of anilines is 2. The van der Waals surface area contributed by atoms with E-state index in [0.29, 0.717) is 0 Å². The molecule has 3 aromatic rings. The lowest BCUT2D eigenvalue weighted by Gasteiger charge is -2.12. The van der Waals surface area contributed by atoms with E-state index < -0.39 is 0 Å². The fourth-order valence-corrected chi connectivity index (χ4v) is 2.56. The molecule has 3 nitrogen and oxygen atoms in total. The van der Waals surface area contributed by atoms with Gasteiger partial charge in [0.05, 0.1) is 5.69 Å². The Morgan fingerprint density at radius 1 is 0.917 bits per heavy atom. The van der Waals surface area contributed by atoms with Crippen molar-refractivity contribution in [2.45, 2.75) is 20.8 Å². The van der Waals surface area contributed by atoms with Crippen molar-refractivity contribution < 1.29 is 0 Å². The summed E-state index contributed by atoms with van der Waals surface area (Å²) in [6.45, 7) is 5.96. The molecule has 1 aromatic heterocycles. The SMILES string of the molecule is Cc1ccc(-c2cc(Nc3cccc(Cl)c3C)nc(C)n2)cc1.Cl. The standard InChI is InChI=1S/C19H18ClN3.ClH/c1-12-7-9-15(10-8-12)18-11-19(22-14(3)21-18)23-17-6-4-5-16(20)13(17)2;/h4-11H,1-3H3,(H,21,22,23);1H. The predicted molar refractivity (Wildman–Crippen MR) is 104 cm³/mol. The van der Waals surface area contributed by atoms with E-state index in [1.165, 1.54) is 5.56 Å². The summed E-state index contributed by atoms with van der Waals surface area (Å²) < 4.78 is 0. The number of hydrogen-bond donors (Lipinski definition) is 1. The Morgan fingerprint density at radius 3 is 2.33 bits per heavy atom. The summed E-state index contributed by atoms with van der Waals surface area (Å²) in [4.78, 5) is 9.02. The minimum absolute atomic E-state index is 0. The number of nitrogens with one attached hydrogen (secondary N) is 1. The van der Waals surface area contributed by atoms with Gasteiger partial charge in [-0.2, -0.15) is 0 Å². The maximum atomic E-state index is 6.18. The van der Waals surface area contributed by atoms with Gasteiger partial charge in [0.15, 0.2) is 0 Å². The van der Waals surface area contributed by atoms with E-state index in [2.05, 4.69) is 46.5 Å². The summed E-state index contributed by atoms with van der Waals surface area (Å²) in [7, 11) is 0. The normalized spacial score (nSPS) is 10.2. The summed E-state index contributed by atoms with van der Waals surface area (Å²) in [5.74, 6) is 1.49. The molecule has 0 aliphatic heterocycles. The first kappa shape index (κ1) is 18.2. The second kappa shape index (κ2) is 7.65. The first-order valence-corrected chi connectivity index (χ1v) is 7.85. The van der Waals surface area contributed by atoms with Crippen molar-refractivity contribution in [3.8, 4) is 11.3 Å². The zero-order valence-electron chi connectivity index (χ0n) is 13.8. The minimum atomic E-state index is 0. The fraction of sp³-hybridized carbons (Fsp3) is 0.158. The second-order valence-electron chi connectivity index (χ2n) is 5.59. The average molecular weight is 360 g/mol. The Hall–Kier alpha value is -2.10. The number of hydrogen-bond acceptors (Lipinski definition) is 3. The van der Waals surface area contributed by atoms with Crippen molar-refractivity contribution in [1.82, 2.24) is 9.97 Å². The molecule has 0 atom stereocenters. The molecule has 0 amide bonds. The van der Waals surface area contributed by atoms with Crippen LogP contribution in [0.5, 0.6) is 0 Å². The van der Waals surface area contributed by atoms with Crippen LogP contribution in [0.2, 0.25) is 5.02 Å². The summed E-state index contributed by atoms with van der Waals surface area (Å²) in [5, 5.41) is 4.08. The van der Waals surface area contributed by atoms with Crippen LogP contribution < -0.4 is 5.32 Å². The first-order chi connectivity index (χ1) is 11.0. The monoisotopic (exact) mass is 359 g/mol. The highest BCUT2D eigenvalue weighted by Gasteiger charge is 2.07. The number of nitrogens with zero attached hydrogens (tertiary/aromatic N) is 2. The van der Waals surface area contributed by atoms with Crippen LogP contribution in [0, 0.1) is 20.8 Å². The van der Waals surface area contributed by atoms with Crippen molar-refractivity contribution in [3.05, 3.63) is 70.5 Å². The van der Waals surface area contributed by atoms with E-state index >= 15 is 0 Å². The molecule has 0 aliphatic carbocycles. The van der Waals surface area contributed by atoms with Gasteiger partial charge in [0.1, 0.15) is 11.6 Å². The zero-order valence-corrected chi connectivity index (χ0v) is 15.4. The van der Waals surface area contributed by atoms with Crippen molar-refractivity contribution in [2.75, 3.05) is 5.32 Å². The average Bonchev–Trinajstić information content (AvgIpc) is 2.52. The van der Waals surface area contributed by atoms with Crippen LogP contribution in [0.15, 0.2) is 48.5 Å². The van der Waals surface area contributed by atoms with Gasteiger partial charge in [0.2, 0.25) is 0 Å². The Balaban J connectivity index is 0.00000208.